The molecule has 0 spiro atoms. The lowest BCUT2D eigenvalue weighted by atomic mass is 10.0. The number of rotatable bonds is 12. The normalized spacial score (nSPS) is 12.9. The highest BCUT2D eigenvalue weighted by Crippen LogP contribution is 2.20. The fraction of sp³-hybridized carbons (Fsp3) is 0.583. The Kier molecular flexibility index (Phi) is 11.2. The van der Waals surface area contributed by atoms with Crippen LogP contribution in [0.2, 0.25) is 0 Å². The number of hydrogen-bond acceptors (Lipinski definition) is 3. The largest absolute Gasteiger partial charge is 0.370 e. The average molecular weight is 368 g/mol. The highest BCUT2D eigenvalue weighted by Gasteiger charge is 2.03. The van der Waals surface area contributed by atoms with Crippen molar-refractivity contribution in [1.82, 2.24) is 4.98 Å². The van der Waals surface area contributed by atoms with E-state index in [2.05, 4.69) is 49.0 Å². The molecule has 0 bridgehead atoms. The third-order valence-corrected chi connectivity index (χ3v) is 4.90. The molecule has 0 N–H and O–H groups in total. The number of allylic oxidation sites excluding steroid dienone is 4. The Bertz CT molecular complexity index is 622. The van der Waals surface area contributed by atoms with Crippen molar-refractivity contribution in [1.29, 1.82) is 0 Å². The maximum atomic E-state index is 4.53. The van der Waals surface area contributed by atoms with Crippen molar-refractivity contribution in [2.75, 3.05) is 19.0 Å². The molecule has 0 saturated carbocycles. The van der Waals surface area contributed by atoms with Crippen molar-refractivity contribution in [2.45, 2.75) is 79.1 Å². The molecule has 0 aliphatic heterocycles. The molecule has 1 heterocycles. The van der Waals surface area contributed by atoms with Gasteiger partial charge in [0.15, 0.2) is 0 Å². The van der Waals surface area contributed by atoms with E-state index in [1.807, 2.05) is 38.3 Å². The summed E-state index contributed by atoms with van der Waals surface area (Å²) >= 11 is 0. The van der Waals surface area contributed by atoms with Crippen LogP contribution in [0, 0.1) is 12.1 Å². The summed E-state index contributed by atoms with van der Waals surface area (Å²) in [6.45, 7) is 8.51. The third-order valence-electron chi connectivity index (χ3n) is 4.90. The van der Waals surface area contributed by atoms with Gasteiger partial charge in [-0.25, -0.2) is 4.98 Å². The molecule has 3 nitrogen and oxygen atoms in total. The average Bonchev–Trinajstić information content (AvgIpc) is 2.68. The van der Waals surface area contributed by atoms with Gasteiger partial charge < -0.3 is 4.90 Å². The van der Waals surface area contributed by atoms with E-state index >= 15 is 0 Å². The Morgan fingerprint density at radius 3 is 2.41 bits per heavy atom. The molecular formula is C24H37N3. The second kappa shape index (κ2) is 13.1. The first-order valence-corrected chi connectivity index (χ1v) is 10.3. The Morgan fingerprint density at radius 1 is 1.11 bits per heavy atom. The predicted octanol–water partition coefficient (Wildman–Crippen LogP) is 6.66. The first-order chi connectivity index (χ1) is 13.0. The van der Waals surface area contributed by atoms with E-state index in [0.29, 0.717) is 0 Å². The van der Waals surface area contributed by atoms with Crippen molar-refractivity contribution in [3.8, 4) is 0 Å². The molecule has 0 unspecified atom stereocenters. The lowest BCUT2D eigenvalue weighted by Crippen LogP contribution is -2.08. The van der Waals surface area contributed by atoms with Gasteiger partial charge >= 0.3 is 0 Å². The molecule has 3 heteroatoms. The summed E-state index contributed by atoms with van der Waals surface area (Å²) in [5, 5.41) is 0. The van der Waals surface area contributed by atoms with Gasteiger partial charge in [0.25, 0.3) is 0 Å². The minimum Gasteiger partial charge on any atom is -0.370 e. The highest BCUT2D eigenvalue weighted by molar-refractivity contribution is 5.63. The zero-order chi connectivity index (χ0) is 20.1. The summed E-state index contributed by atoms with van der Waals surface area (Å²) < 4.78 is 0. The van der Waals surface area contributed by atoms with Crippen molar-refractivity contribution >= 4 is 17.5 Å². The summed E-state index contributed by atoms with van der Waals surface area (Å²) in [6, 6.07) is 6.37. The topological polar surface area (TPSA) is 28.5 Å². The number of aromatic nitrogens is 1. The van der Waals surface area contributed by atoms with Crippen LogP contribution in [-0.4, -0.2) is 25.3 Å². The van der Waals surface area contributed by atoms with Crippen LogP contribution in [0.3, 0.4) is 0 Å². The standard InChI is InChI=1S/C24H37N3/c1-7-22(25-8-2)16-14-12-10-9-11-13-15-20(3)21(4)24-18-17-23(19-26-24)27(5)6/h8,16,19H,7,9-15H2,1-6H3/b21-20+,22-16?,25-8?. The second-order valence-electron chi connectivity index (χ2n) is 7.28. The third kappa shape index (κ3) is 8.91. The maximum absolute atomic E-state index is 4.53. The van der Waals surface area contributed by atoms with Gasteiger partial charge in [0, 0.05) is 26.0 Å². The molecule has 1 aromatic heterocycles. The summed E-state index contributed by atoms with van der Waals surface area (Å²) in [5.74, 6) is 0. The van der Waals surface area contributed by atoms with Gasteiger partial charge in [-0.1, -0.05) is 37.8 Å². The Morgan fingerprint density at radius 2 is 1.81 bits per heavy atom. The van der Waals surface area contributed by atoms with Crippen LogP contribution in [0.15, 0.2) is 28.5 Å². The first-order valence-electron chi connectivity index (χ1n) is 10.3. The number of unbranched alkanes of at least 4 members (excludes halogenated alkanes) is 5. The summed E-state index contributed by atoms with van der Waals surface area (Å²) in [5.41, 5.74) is 5.76. The zero-order valence-electron chi connectivity index (χ0n) is 18.2. The smallest absolute Gasteiger partial charge is 0.116 e. The van der Waals surface area contributed by atoms with Crippen LogP contribution in [0.25, 0.3) is 5.57 Å². The molecular weight excluding hydrogens is 330 g/mol. The predicted molar refractivity (Wildman–Crippen MR) is 119 cm³/mol. The molecule has 1 aromatic rings. The number of nitrogens with zero attached hydrogens (tertiary/aromatic N) is 3. The summed E-state index contributed by atoms with van der Waals surface area (Å²) in [7, 11) is 3.99. The Hall–Kier alpha value is -2.08. The zero-order valence-corrected chi connectivity index (χ0v) is 18.2. The van der Waals surface area contributed by atoms with Crippen molar-refractivity contribution < 1.29 is 0 Å². The quantitative estimate of drug-likeness (QED) is 0.305. The van der Waals surface area contributed by atoms with Crippen LogP contribution in [-0.2, 0) is 0 Å². The van der Waals surface area contributed by atoms with E-state index < -0.39 is 0 Å². The molecule has 1 rings (SSSR count). The van der Waals surface area contributed by atoms with Crippen molar-refractivity contribution in [3.05, 3.63) is 41.4 Å². The first kappa shape index (κ1) is 23.0. The van der Waals surface area contributed by atoms with Crippen molar-refractivity contribution in [2.24, 2.45) is 4.99 Å². The molecule has 0 aliphatic rings. The monoisotopic (exact) mass is 367 g/mol. The molecule has 148 valence electrons. The SMILES string of the molecule is CC=NC(=CCCCCCCC/C(C)=C(\C)c1c#cc(N(C)C)cn1)CC. The van der Waals surface area contributed by atoms with Crippen LogP contribution in [0.5, 0.6) is 0 Å². The van der Waals surface area contributed by atoms with Gasteiger partial charge in [0.05, 0.1) is 6.20 Å². The lowest BCUT2D eigenvalue weighted by Gasteiger charge is -2.10. The molecule has 27 heavy (non-hydrogen) atoms. The lowest BCUT2D eigenvalue weighted by molar-refractivity contribution is 0.615. The number of hydrogen-bond donors (Lipinski definition) is 0. The van der Waals surface area contributed by atoms with Gasteiger partial charge in [0.1, 0.15) is 11.4 Å². The molecule has 0 fully saturated rings. The van der Waals surface area contributed by atoms with E-state index in [1.54, 1.807) is 0 Å². The highest BCUT2D eigenvalue weighted by atomic mass is 15.1. The molecule has 0 atom stereocenters. The van der Waals surface area contributed by atoms with E-state index in [1.165, 1.54) is 48.9 Å². The summed E-state index contributed by atoms with van der Waals surface area (Å²) in [4.78, 5) is 10.9. The second-order valence-corrected chi connectivity index (χ2v) is 7.28. The number of anilines is 1. The van der Waals surface area contributed by atoms with Crippen LogP contribution in [0.1, 0.15) is 84.8 Å². The minimum atomic E-state index is 0.923. The molecule has 0 amide bonds. The van der Waals surface area contributed by atoms with E-state index in [9.17, 15) is 0 Å². The Balaban J connectivity index is 2.29. The fourth-order valence-corrected chi connectivity index (χ4v) is 2.91. The van der Waals surface area contributed by atoms with Crippen LogP contribution in [0.4, 0.5) is 5.69 Å². The molecule has 0 aromatic carbocycles. The molecule has 0 aliphatic carbocycles. The Labute approximate surface area is 167 Å². The molecule has 0 saturated heterocycles. The van der Waals surface area contributed by atoms with Gasteiger partial charge in [0.2, 0.25) is 0 Å². The van der Waals surface area contributed by atoms with Gasteiger partial charge in [-0.05, 0) is 70.6 Å². The van der Waals surface area contributed by atoms with E-state index in [-0.39, 0.29) is 0 Å². The molecule has 0 radical (unpaired) electrons. The van der Waals surface area contributed by atoms with Crippen LogP contribution < -0.4 is 4.90 Å². The number of aliphatic imine (C=N–C) groups is 1. The fourth-order valence-electron chi connectivity index (χ4n) is 2.91. The van der Waals surface area contributed by atoms with E-state index in [4.69, 9.17) is 0 Å². The van der Waals surface area contributed by atoms with Crippen LogP contribution >= 0.6 is 0 Å². The summed E-state index contributed by atoms with van der Waals surface area (Å²) in [6.07, 6.45) is 15.8. The van der Waals surface area contributed by atoms with Gasteiger partial charge in [-0.3, -0.25) is 4.99 Å². The van der Waals surface area contributed by atoms with E-state index in [0.717, 1.165) is 30.6 Å². The van der Waals surface area contributed by atoms with Gasteiger partial charge in [-0.15, -0.1) is 0 Å². The van der Waals surface area contributed by atoms with Crippen molar-refractivity contribution in [3.63, 3.8) is 0 Å². The van der Waals surface area contributed by atoms with Gasteiger partial charge in [-0.2, -0.15) is 0 Å². The maximum Gasteiger partial charge on any atom is 0.116 e. The minimum absolute atomic E-state index is 0.923.